The average molecular weight is 736 g/mol. The van der Waals surface area contributed by atoms with Gasteiger partial charge >= 0.3 is 0 Å². The van der Waals surface area contributed by atoms with Crippen LogP contribution in [-0.4, -0.2) is 9.55 Å². The molecule has 0 N–H and O–H groups in total. The number of fused-ring (bicyclic) bond motifs is 6. The van der Waals surface area contributed by atoms with Crippen LogP contribution >= 0.6 is 31.9 Å². The third-order valence-corrected chi connectivity index (χ3v) is 9.76. The van der Waals surface area contributed by atoms with Gasteiger partial charge in [-0.15, -0.1) is 0 Å². The lowest BCUT2D eigenvalue weighted by Gasteiger charge is -2.25. The lowest BCUT2D eigenvalue weighted by Crippen LogP contribution is -2.14. The SMILES string of the molecule is CCCCCCCCn1c(/C(C)=C/C=C(\C)N(c2ccccc2)c2ccccc2)nc2c3ccc(Br)cc3c3cc(Br)ccc3c21. The molecule has 6 aromatic rings. The summed E-state index contributed by atoms with van der Waals surface area (Å²) in [5.74, 6) is 1.04. The van der Waals surface area contributed by atoms with Crippen LogP contribution in [0.1, 0.15) is 65.1 Å². The van der Waals surface area contributed by atoms with Gasteiger partial charge in [0.25, 0.3) is 0 Å². The number of anilines is 2. The fourth-order valence-electron chi connectivity index (χ4n) is 6.48. The van der Waals surface area contributed by atoms with Gasteiger partial charge in [0.15, 0.2) is 0 Å². The summed E-state index contributed by atoms with van der Waals surface area (Å²) in [7, 11) is 0. The van der Waals surface area contributed by atoms with Gasteiger partial charge in [0, 0.05) is 43.3 Å². The Morgan fingerprint density at radius 1 is 0.674 bits per heavy atom. The Morgan fingerprint density at radius 3 is 1.87 bits per heavy atom. The number of benzene rings is 5. The maximum atomic E-state index is 5.44. The third kappa shape index (κ3) is 6.86. The van der Waals surface area contributed by atoms with Crippen LogP contribution in [0.3, 0.4) is 0 Å². The molecule has 0 radical (unpaired) electrons. The molecule has 234 valence electrons. The average Bonchev–Trinajstić information content (AvgIpc) is 3.46. The van der Waals surface area contributed by atoms with E-state index in [1.807, 2.05) is 0 Å². The third-order valence-electron chi connectivity index (χ3n) is 8.78. The quantitative estimate of drug-likeness (QED) is 0.0709. The van der Waals surface area contributed by atoms with Crippen molar-refractivity contribution >= 4 is 81.4 Å². The van der Waals surface area contributed by atoms with Crippen LogP contribution in [0, 0.1) is 0 Å². The Balaban J connectivity index is 1.48. The van der Waals surface area contributed by atoms with Crippen LogP contribution in [0.5, 0.6) is 0 Å². The van der Waals surface area contributed by atoms with Crippen molar-refractivity contribution in [2.45, 2.75) is 65.8 Å². The molecule has 1 heterocycles. The van der Waals surface area contributed by atoms with Crippen LogP contribution in [0.4, 0.5) is 11.4 Å². The van der Waals surface area contributed by atoms with E-state index in [4.69, 9.17) is 4.98 Å². The van der Waals surface area contributed by atoms with Gasteiger partial charge in [0.05, 0.1) is 11.0 Å². The molecular weight excluding hydrogens is 694 g/mol. The van der Waals surface area contributed by atoms with Gasteiger partial charge < -0.3 is 9.47 Å². The number of imidazole rings is 1. The predicted octanol–water partition coefficient (Wildman–Crippen LogP) is 13.4. The minimum atomic E-state index is 0.944. The van der Waals surface area contributed by atoms with Crippen LogP contribution in [0.25, 0.3) is 38.2 Å². The first-order valence-corrected chi connectivity index (χ1v) is 18.0. The molecule has 0 aliphatic heterocycles. The second kappa shape index (κ2) is 14.8. The molecule has 5 aromatic carbocycles. The standard InChI is InChI=1S/C41H41Br2N3/c1-4-5-6-7-8-15-26-45-40-36-25-23-32(43)28-38(36)37-27-31(42)22-24-35(37)39(40)44-41(45)29(2)20-21-30(3)46(33-16-11-9-12-17-33)34-18-13-10-14-19-34/h9-14,16-25,27-28H,4-8,15,26H2,1-3H3/b29-20+,30-21+. The summed E-state index contributed by atoms with van der Waals surface area (Å²) in [5.41, 5.74) is 6.86. The van der Waals surface area contributed by atoms with E-state index < -0.39 is 0 Å². The molecule has 0 aliphatic carbocycles. The van der Waals surface area contributed by atoms with Crippen molar-refractivity contribution in [2.75, 3.05) is 4.90 Å². The topological polar surface area (TPSA) is 21.1 Å². The smallest absolute Gasteiger partial charge is 0.136 e. The molecule has 0 fully saturated rings. The van der Waals surface area contributed by atoms with Gasteiger partial charge in [-0.1, -0.05) is 125 Å². The number of para-hydroxylation sites is 2. The molecule has 1 aromatic heterocycles. The summed E-state index contributed by atoms with van der Waals surface area (Å²) in [5, 5.41) is 4.89. The largest absolute Gasteiger partial charge is 0.324 e. The van der Waals surface area contributed by atoms with Crippen molar-refractivity contribution in [2.24, 2.45) is 0 Å². The normalized spacial score (nSPS) is 12.5. The minimum Gasteiger partial charge on any atom is -0.324 e. The van der Waals surface area contributed by atoms with Gasteiger partial charge in [-0.25, -0.2) is 4.98 Å². The maximum absolute atomic E-state index is 5.44. The van der Waals surface area contributed by atoms with E-state index in [1.165, 1.54) is 59.2 Å². The molecule has 0 atom stereocenters. The van der Waals surface area contributed by atoms with E-state index in [1.54, 1.807) is 0 Å². The molecule has 0 unspecified atom stereocenters. The van der Waals surface area contributed by atoms with E-state index >= 15 is 0 Å². The zero-order chi connectivity index (χ0) is 32.0. The van der Waals surface area contributed by atoms with E-state index in [-0.39, 0.29) is 0 Å². The van der Waals surface area contributed by atoms with E-state index in [9.17, 15) is 0 Å². The van der Waals surface area contributed by atoms with Gasteiger partial charge in [-0.2, -0.15) is 0 Å². The molecule has 0 amide bonds. The van der Waals surface area contributed by atoms with Crippen molar-refractivity contribution in [3.63, 3.8) is 0 Å². The predicted molar refractivity (Wildman–Crippen MR) is 206 cm³/mol. The van der Waals surface area contributed by atoms with Gasteiger partial charge in [-0.3, -0.25) is 0 Å². The van der Waals surface area contributed by atoms with E-state index in [0.717, 1.165) is 55.9 Å². The number of hydrogen-bond acceptors (Lipinski definition) is 2. The van der Waals surface area contributed by atoms with Gasteiger partial charge in [0.1, 0.15) is 5.82 Å². The minimum absolute atomic E-state index is 0.944. The van der Waals surface area contributed by atoms with Crippen molar-refractivity contribution in [3.8, 4) is 0 Å². The summed E-state index contributed by atoms with van der Waals surface area (Å²) in [6.07, 6.45) is 12.0. The highest BCUT2D eigenvalue weighted by Gasteiger charge is 2.19. The van der Waals surface area contributed by atoms with E-state index in [2.05, 4.69) is 171 Å². The monoisotopic (exact) mass is 733 g/mol. The Morgan fingerprint density at radius 2 is 1.24 bits per heavy atom. The zero-order valence-corrected chi connectivity index (χ0v) is 30.1. The summed E-state index contributed by atoms with van der Waals surface area (Å²) in [6.45, 7) is 7.61. The van der Waals surface area contributed by atoms with Crippen LogP contribution in [-0.2, 0) is 6.54 Å². The Hall–Kier alpha value is -3.67. The Kier molecular flexibility index (Phi) is 10.4. The van der Waals surface area contributed by atoms with E-state index in [0.29, 0.717) is 0 Å². The highest BCUT2D eigenvalue weighted by molar-refractivity contribution is 9.10. The highest BCUT2D eigenvalue weighted by atomic mass is 79.9. The number of hydrogen-bond donors (Lipinski definition) is 0. The lowest BCUT2D eigenvalue weighted by molar-refractivity contribution is 0.562. The molecule has 6 rings (SSSR count). The number of nitrogens with zero attached hydrogens (tertiary/aromatic N) is 3. The number of halogens is 2. The summed E-state index contributed by atoms with van der Waals surface area (Å²) < 4.78 is 4.65. The lowest BCUT2D eigenvalue weighted by atomic mass is 10.00. The number of unbranched alkanes of at least 4 members (excludes halogenated alkanes) is 5. The molecule has 5 heteroatoms. The highest BCUT2D eigenvalue weighted by Crippen LogP contribution is 2.39. The first-order chi connectivity index (χ1) is 22.5. The molecule has 46 heavy (non-hydrogen) atoms. The van der Waals surface area contributed by atoms with Crippen LogP contribution in [0.2, 0.25) is 0 Å². The molecule has 0 saturated heterocycles. The van der Waals surface area contributed by atoms with Gasteiger partial charge in [-0.05, 0) is 91.2 Å². The Bertz CT molecular complexity index is 1980. The number of aryl methyl sites for hydroxylation is 1. The summed E-state index contributed by atoms with van der Waals surface area (Å²) >= 11 is 7.47. The first kappa shape index (κ1) is 32.3. The molecule has 3 nitrogen and oxygen atoms in total. The summed E-state index contributed by atoms with van der Waals surface area (Å²) in [6, 6.07) is 34.4. The van der Waals surface area contributed by atoms with Crippen molar-refractivity contribution < 1.29 is 0 Å². The zero-order valence-electron chi connectivity index (χ0n) is 26.9. The first-order valence-electron chi connectivity index (χ1n) is 16.4. The second-order valence-electron chi connectivity index (χ2n) is 12.1. The molecule has 0 spiro atoms. The number of allylic oxidation sites excluding steroid dienone is 4. The fourth-order valence-corrected chi connectivity index (χ4v) is 7.20. The number of aromatic nitrogens is 2. The molecule has 0 saturated carbocycles. The van der Waals surface area contributed by atoms with Crippen molar-refractivity contribution in [1.29, 1.82) is 0 Å². The van der Waals surface area contributed by atoms with Crippen LogP contribution in [0.15, 0.2) is 124 Å². The van der Waals surface area contributed by atoms with Crippen molar-refractivity contribution in [3.05, 3.63) is 130 Å². The number of rotatable bonds is 12. The Labute approximate surface area is 289 Å². The van der Waals surface area contributed by atoms with Crippen molar-refractivity contribution in [1.82, 2.24) is 9.55 Å². The van der Waals surface area contributed by atoms with Crippen LogP contribution < -0.4 is 4.90 Å². The fraction of sp³-hybridized carbons (Fsp3) is 0.244. The molecular formula is C41H41Br2N3. The maximum Gasteiger partial charge on any atom is 0.136 e. The molecule has 0 aliphatic rings. The summed E-state index contributed by atoms with van der Waals surface area (Å²) in [4.78, 5) is 7.74. The van der Waals surface area contributed by atoms with Gasteiger partial charge in [0.2, 0.25) is 0 Å². The second-order valence-corrected chi connectivity index (χ2v) is 13.9. The molecule has 0 bridgehead atoms.